The Balaban J connectivity index is 2.39. The molecule has 14 heavy (non-hydrogen) atoms. The van der Waals surface area contributed by atoms with Crippen LogP contribution in [0.25, 0.3) is 0 Å². The van der Waals surface area contributed by atoms with Crippen LogP contribution in [0.1, 0.15) is 42.5 Å². The molecule has 0 bridgehead atoms. The van der Waals surface area contributed by atoms with Crippen LogP contribution in [0.15, 0.2) is 6.07 Å². The van der Waals surface area contributed by atoms with Gasteiger partial charge in [-0.15, -0.1) is 0 Å². The smallest absolute Gasteiger partial charge is 0.129 e. The fraction of sp³-hybridized carbons (Fsp3) is 0.583. The topological polar surface area (TPSA) is 12.9 Å². The van der Waals surface area contributed by atoms with E-state index in [4.69, 9.17) is 11.6 Å². The molecule has 0 radical (unpaired) electrons. The number of pyridine rings is 1. The number of hydrogen-bond acceptors (Lipinski definition) is 1. The van der Waals surface area contributed by atoms with Gasteiger partial charge in [-0.25, -0.2) is 4.98 Å². The summed E-state index contributed by atoms with van der Waals surface area (Å²) in [6.45, 7) is 2.08. The van der Waals surface area contributed by atoms with Crippen molar-refractivity contribution >= 4 is 11.6 Å². The molecule has 0 atom stereocenters. The number of aryl methyl sites for hydroxylation is 2. The SMILES string of the molecule is Cc1nc(Cl)cc2c1CCCCCC2. The zero-order chi connectivity index (χ0) is 9.97. The first-order valence-corrected chi connectivity index (χ1v) is 5.80. The minimum Gasteiger partial charge on any atom is -0.241 e. The highest BCUT2D eigenvalue weighted by atomic mass is 35.5. The average Bonchev–Trinajstić information content (AvgIpc) is 2.07. The van der Waals surface area contributed by atoms with Crippen LogP contribution in [0.3, 0.4) is 0 Å². The number of rotatable bonds is 0. The van der Waals surface area contributed by atoms with Gasteiger partial charge in [-0.05, 0) is 49.8 Å². The molecule has 1 aliphatic carbocycles. The van der Waals surface area contributed by atoms with E-state index in [0.717, 1.165) is 5.69 Å². The lowest BCUT2D eigenvalue weighted by atomic mass is 9.93. The van der Waals surface area contributed by atoms with Crippen molar-refractivity contribution in [3.05, 3.63) is 28.0 Å². The molecule has 0 fully saturated rings. The van der Waals surface area contributed by atoms with Gasteiger partial charge in [-0.3, -0.25) is 0 Å². The van der Waals surface area contributed by atoms with E-state index in [2.05, 4.69) is 18.0 Å². The van der Waals surface area contributed by atoms with Crippen LogP contribution in [-0.4, -0.2) is 4.98 Å². The Morgan fingerprint density at radius 3 is 2.64 bits per heavy atom. The summed E-state index contributed by atoms with van der Waals surface area (Å²) in [5.74, 6) is 0. The van der Waals surface area contributed by atoms with Gasteiger partial charge in [0.15, 0.2) is 0 Å². The van der Waals surface area contributed by atoms with Gasteiger partial charge in [0.05, 0.1) is 0 Å². The van der Waals surface area contributed by atoms with Crippen LogP contribution in [0, 0.1) is 6.92 Å². The lowest BCUT2D eigenvalue weighted by molar-refractivity contribution is 0.613. The average molecular weight is 210 g/mol. The van der Waals surface area contributed by atoms with E-state index in [9.17, 15) is 0 Å². The van der Waals surface area contributed by atoms with Crippen LogP contribution >= 0.6 is 11.6 Å². The molecule has 0 saturated carbocycles. The first-order valence-electron chi connectivity index (χ1n) is 5.42. The Morgan fingerprint density at radius 2 is 1.86 bits per heavy atom. The van der Waals surface area contributed by atoms with Gasteiger partial charge in [-0.1, -0.05) is 24.4 Å². The fourth-order valence-electron chi connectivity index (χ4n) is 2.26. The number of halogens is 1. The van der Waals surface area contributed by atoms with Crippen molar-refractivity contribution < 1.29 is 0 Å². The summed E-state index contributed by atoms with van der Waals surface area (Å²) in [6, 6.07) is 2.05. The maximum Gasteiger partial charge on any atom is 0.129 e. The second-order valence-corrected chi connectivity index (χ2v) is 4.47. The van der Waals surface area contributed by atoms with Gasteiger partial charge < -0.3 is 0 Å². The standard InChI is InChI=1S/C12H16ClN/c1-9-11-7-5-3-2-4-6-10(11)8-12(13)14-9/h8H,2-7H2,1H3. The molecule has 2 rings (SSSR count). The summed E-state index contributed by atoms with van der Waals surface area (Å²) < 4.78 is 0. The molecule has 1 aromatic heterocycles. The number of aromatic nitrogens is 1. The van der Waals surface area contributed by atoms with E-state index in [1.54, 1.807) is 0 Å². The molecule has 0 spiro atoms. The normalized spacial score (nSPS) is 17.0. The monoisotopic (exact) mass is 209 g/mol. The Kier molecular flexibility index (Phi) is 3.07. The van der Waals surface area contributed by atoms with Crippen LogP contribution in [-0.2, 0) is 12.8 Å². The molecule has 1 aliphatic rings. The van der Waals surface area contributed by atoms with Gasteiger partial charge in [0.2, 0.25) is 0 Å². The third-order valence-electron chi connectivity index (χ3n) is 3.02. The highest BCUT2D eigenvalue weighted by molar-refractivity contribution is 6.29. The molecule has 2 heteroatoms. The maximum absolute atomic E-state index is 5.96. The Bertz CT molecular complexity index is 333. The molecular weight excluding hydrogens is 194 g/mol. The van der Waals surface area contributed by atoms with E-state index in [-0.39, 0.29) is 0 Å². The molecule has 1 nitrogen and oxygen atoms in total. The maximum atomic E-state index is 5.96. The van der Waals surface area contributed by atoms with Gasteiger partial charge >= 0.3 is 0 Å². The zero-order valence-corrected chi connectivity index (χ0v) is 9.40. The Labute approximate surface area is 90.5 Å². The molecule has 0 saturated heterocycles. The number of hydrogen-bond donors (Lipinski definition) is 0. The lowest BCUT2D eigenvalue weighted by Crippen LogP contribution is -2.03. The second-order valence-electron chi connectivity index (χ2n) is 4.08. The van der Waals surface area contributed by atoms with E-state index in [1.807, 2.05) is 0 Å². The molecule has 1 heterocycles. The quantitative estimate of drug-likeness (QED) is 0.594. The third-order valence-corrected chi connectivity index (χ3v) is 3.21. The highest BCUT2D eigenvalue weighted by Gasteiger charge is 2.10. The fourth-order valence-corrected chi connectivity index (χ4v) is 2.52. The number of fused-ring (bicyclic) bond motifs is 1. The van der Waals surface area contributed by atoms with Gasteiger partial charge in [-0.2, -0.15) is 0 Å². The molecule has 0 N–H and O–H groups in total. The lowest BCUT2D eigenvalue weighted by Gasteiger charge is -2.15. The van der Waals surface area contributed by atoms with Crippen molar-refractivity contribution in [3.8, 4) is 0 Å². The summed E-state index contributed by atoms with van der Waals surface area (Å²) >= 11 is 5.96. The molecule has 0 unspecified atom stereocenters. The van der Waals surface area contributed by atoms with Crippen molar-refractivity contribution in [2.24, 2.45) is 0 Å². The molecule has 76 valence electrons. The van der Waals surface area contributed by atoms with Crippen molar-refractivity contribution in [2.75, 3.05) is 0 Å². The third kappa shape index (κ3) is 2.09. The Hall–Kier alpha value is -0.560. The summed E-state index contributed by atoms with van der Waals surface area (Å²) in [4.78, 5) is 4.32. The summed E-state index contributed by atoms with van der Waals surface area (Å²) in [5, 5.41) is 0.654. The molecule has 1 aromatic rings. The summed E-state index contributed by atoms with van der Waals surface area (Å²) in [7, 11) is 0. The predicted octanol–water partition coefficient (Wildman–Crippen LogP) is 3.70. The van der Waals surface area contributed by atoms with Crippen molar-refractivity contribution in [2.45, 2.75) is 45.4 Å². The van der Waals surface area contributed by atoms with Crippen LogP contribution in [0.5, 0.6) is 0 Å². The van der Waals surface area contributed by atoms with Crippen LogP contribution in [0.4, 0.5) is 0 Å². The Morgan fingerprint density at radius 1 is 1.14 bits per heavy atom. The van der Waals surface area contributed by atoms with E-state index in [0.29, 0.717) is 5.15 Å². The van der Waals surface area contributed by atoms with Crippen LogP contribution in [0.2, 0.25) is 5.15 Å². The molecule has 0 amide bonds. The minimum absolute atomic E-state index is 0.654. The second kappa shape index (κ2) is 4.31. The van der Waals surface area contributed by atoms with Crippen molar-refractivity contribution in [1.29, 1.82) is 0 Å². The first-order chi connectivity index (χ1) is 6.77. The van der Waals surface area contributed by atoms with Gasteiger partial charge in [0.25, 0.3) is 0 Å². The van der Waals surface area contributed by atoms with Crippen molar-refractivity contribution in [1.82, 2.24) is 4.98 Å². The minimum atomic E-state index is 0.654. The molecule has 0 aliphatic heterocycles. The predicted molar refractivity (Wildman–Crippen MR) is 59.9 cm³/mol. The summed E-state index contributed by atoms with van der Waals surface area (Å²) in [5.41, 5.74) is 4.02. The van der Waals surface area contributed by atoms with Gasteiger partial charge in [0.1, 0.15) is 5.15 Å². The van der Waals surface area contributed by atoms with E-state index in [1.165, 1.54) is 49.7 Å². The molecular formula is C12H16ClN. The van der Waals surface area contributed by atoms with E-state index < -0.39 is 0 Å². The molecule has 0 aromatic carbocycles. The van der Waals surface area contributed by atoms with Crippen molar-refractivity contribution in [3.63, 3.8) is 0 Å². The number of nitrogens with zero attached hydrogens (tertiary/aromatic N) is 1. The summed E-state index contributed by atoms with van der Waals surface area (Å²) in [6.07, 6.45) is 7.69. The van der Waals surface area contributed by atoms with Gasteiger partial charge in [0, 0.05) is 5.69 Å². The highest BCUT2D eigenvalue weighted by Crippen LogP contribution is 2.24. The largest absolute Gasteiger partial charge is 0.241 e. The first kappa shape index (κ1) is 9.97. The van der Waals surface area contributed by atoms with E-state index >= 15 is 0 Å². The zero-order valence-electron chi connectivity index (χ0n) is 8.65. The van der Waals surface area contributed by atoms with Crippen LogP contribution < -0.4 is 0 Å².